The molecule has 1 N–H and O–H groups in total. The molecule has 1 aromatic heterocycles. The smallest absolute Gasteiger partial charge is 0.229 e. The summed E-state index contributed by atoms with van der Waals surface area (Å²) in [5.41, 5.74) is 1.97. The zero-order valence-corrected chi connectivity index (χ0v) is 11.0. The molecule has 0 spiro atoms. The van der Waals surface area contributed by atoms with E-state index in [9.17, 15) is 4.79 Å². The molecule has 1 amide bonds. The van der Waals surface area contributed by atoms with Crippen LogP contribution in [0.4, 0.5) is 5.82 Å². The number of methoxy groups -OCH3 is 1. The number of amides is 1. The molecule has 98 valence electrons. The topological polar surface area (TPSA) is 51.2 Å². The second-order valence-corrected chi connectivity index (χ2v) is 4.24. The van der Waals surface area contributed by atoms with Crippen molar-refractivity contribution in [2.24, 2.45) is 0 Å². The highest BCUT2D eigenvalue weighted by Gasteiger charge is 2.06. The van der Waals surface area contributed by atoms with Crippen LogP contribution < -0.4 is 10.1 Å². The van der Waals surface area contributed by atoms with Crippen molar-refractivity contribution in [3.8, 4) is 5.75 Å². The Balaban J connectivity index is 2.01. The fourth-order valence-electron chi connectivity index (χ4n) is 1.86. The zero-order valence-electron chi connectivity index (χ0n) is 11.0. The number of carbonyl (C=O) groups is 1. The van der Waals surface area contributed by atoms with Gasteiger partial charge in [-0.2, -0.15) is 0 Å². The van der Waals surface area contributed by atoms with Gasteiger partial charge < -0.3 is 10.1 Å². The van der Waals surface area contributed by atoms with Crippen LogP contribution in [0.1, 0.15) is 11.1 Å². The predicted octanol–water partition coefficient (Wildman–Crippen LogP) is 2.58. The number of aryl methyl sites for hydroxylation is 1. The Hall–Kier alpha value is -2.36. The summed E-state index contributed by atoms with van der Waals surface area (Å²) in [6, 6.07) is 11.1. The minimum Gasteiger partial charge on any atom is -0.496 e. The summed E-state index contributed by atoms with van der Waals surface area (Å²) in [5, 5.41) is 2.76. The predicted molar refractivity (Wildman–Crippen MR) is 74.3 cm³/mol. The Morgan fingerprint density at radius 1 is 1.32 bits per heavy atom. The Labute approximate surface area is 112 Å². The number of nitrogens with one attached hydrogen (secondary N) is 1. The van der Waals surface area contributed by atoms with E-state index in [2.05, 4.69) is 10.3 Å². The van der Waals surface area contributed by atoms with Crippen LogP contribution in [-0.4, -0.2) is 18.0 Å². The maximum atomic E-state index is 11.9. The molecular formula is C15H16N2O2. The molecule has 1 aromatic carbocycles. The summed E-state index contributed by atoms with van der Waals surface area (Å²) in [5.74, 6) is 1.31. The average molecular weight is 256 g/mol. The van der Waals surface area contributed by atoms with Crippen molar-refractivity contribution in [1.29, 1.82) is 0 Å². The first kappa shape index (κ1) is 13.1. The number of hydrogen-bond donors (Lipinski definition) is 1. The molecule has 0 bridgehead atoms. The van der Waals surface area contributed by atoms with E-state index in [1.807, 2.05) is 37.3 Å². The minimum absolute atomic E-state index is 0.0803. The van der Waals surface area contributed by atoms with Crippen molar-refractivity contribution < 1.29 is 9.53 Å². The summed E-state index contributed by atoms with van der Waals surface area (Å²) >= 11 is 0. The molecule has 0 aliphatic carbocycles. The van der Waals surface area contributed by atoms with E-state index >= 15 is 0 Å². The SMILES string of the molecule is COc1ccc(CC(=O)Nc2ccccn2)cc1C. The number of anilines is 1. The number of ether oxygens (including phenoxy) is 1. The van der Waals surface area contributed by atoms with Gasteiger partial charge in [0.2, 0.25) is 5.91 Å². The van der Waals surface area contributed by atoms with Crippen molar-refractivity contribution in [2.75, 3.05) is 12.4 Å². The molecule has 0 saturated carbocycles. The molecule has 2 rings (SSSR count). The van der Waals surface area contributed by atoms with Gasteiger partial charge in [-0.05, 0) is 36.2 Å². The number of nitrogens with zero attached hydrogens (tertiary/aromatic N) is 1. The second kappa shape index (κ2) is 6.00. The highest BCUT2D eigenvalue weighted by molar-refractivity contribution is 5.91. The van der Waals surface area contributed by atoms with Crippen LogP contribution in [0.25, 0.3) is 0 Å². The Kier molecular flexibility index (Phi) is 4.13. The fourth-order valence-corrected chi connectivity index (χ4v) is 1.86. The number of benzene rings is 1. The average Bonchev–Trinajstić information content (AvgIpc) is 2.40. The van der Waals surface area contributed by atoms with Gasteiger partial charge in [0.25, 0.3) is 0 Å². The van der Waals surface area contributed by atoms with E-state index in [0.29, 0.717) is 12.2 Å². The number of carbonyl (C=O) groups excluding carboxylic acids is 1. The maximum Gasteiger partial charge on any atom is 0.229 e. The molecule has 0 saturated heterocycles. The monoisotopic (exact) mass is 256 g/mol. The third-order valence-electron chi connectivity index (χ3n) is 2.76. The number of aromatic nitrogens is 1. The van der Waals surface area contributed by atoms with E-state index < -0.39 is 0 Å². The quantitative estimate of drug-likeness (QED) is 0.914. The Morgan fingerprint density at radius 3 is 2.79 bits per heavy atom. The molecule has 0 atom stereocenters. The second-order valence-electron chi connectivity index (χ2n) is 4.24. The van der Waals surface area contributed by atoms with Crippen LogP contribution in [0.2, 0.25) is 0 Å². The summed E-state index contributed by atoms with van der Waals surface area (Å²) in [4.78, 5) is 15.9. The fraction of sp³-hybridized carbons (Fsp3) is 0.200. The summed E-state index contributed by atoms with van der Waals surface area (Å²) in [6.45, 7) is 1.96. The molecule has 0 fully saturated rings. The molecule has 0 aliphatic rings. The van der Waals surface area contributed by atoms with Crippen LogP contribution >= 0.6 is 0 Å². The molecule has 4 nitrogen and oxygen atoms in total. The van der Waals surface area contributed by atoms with Crippen LogP contribution in [0.3, 0.4) is 0 Å². The third-order valence-corrected chi connectivity index (χ3v) is 2.76. The van der Waals surface area contributed by atoms with Crippen LogP contribution in [-0.2, 0) is 11.2 Å². The van der Waals surface area contributed by atoms with Crippen molar-refractivity contribution in [1.82, 2.24) is 4.98 Å². The van der Waals surface area contributed by atoms with E-state index in [1.165, 1.54) is 0 Å². The largest absolute Gasteiger partial charge is 0.496 e. The Morgan fingerprint density at radius 2 is 2.16 bits per heavy atom. The van der Waals surface area contributed by atoms with Gasteiger partial charge in [-0.1, -0.05) is 18.2 Å². The lowest BCUT2D eigenvalue weighted by atomic mass is 10.1. The van der Waals surface area contributed by atoms with Crippen LogP contribution in [0, 0.1) is 6.92 Å². The highest BCUT2D eigenvalue weighted by atomic mass is 16.5. The molecular weight excluding hydrogens is 240 g/mol. The summed E-state index contributed by atoms with van der Waals surface area (Å²) < 4.78 is 5.19. The maximum absolute atomic E-state index is 11.9. The molecule has 0 radical (unpaired) electrons. The van der Waals surface area contributed by atoms with Gasteiger partial charge in [-0.3, -0.25) is 4.79 Å². The van der Waals surface area contributed by atoms with Crippen molar-refractivity contribution in [2.45, 2.75) is 13.3 Å². The number of rotatable bonds is 4. The molecule has 1 heterocycles. The van der Waals surface area contributed by atoms with E-state index in [-0.39, 0.29) is 5.91 Å². The van der Waals surface area contributed by atoms with E-state index in [0.717, 1.165) is 16.9 Å². The minimum atomic E-state index is -0.0803. The first-order valence-corrected chi connectivity index (χ1v) is 6.03. The van der Waals surface area contributed by atoms with E-state index in [1.54, 1.807) is 19.4 Å². The van der Waals surface area contributed by atoms with Gasteiger partial charge in [0.05, 0.1) is 13.5 Å². The van der Waals surface area contributed by atoms with Crippen LogP contribution in [0.15, 0.2) is 42.6 Å². The first-order chi connectivity index (χ1) is 9.19. The number of hydrogen-bond acceptors (Lipinski definition) is 3. The van der Waals surface area contributed by atoms with Gasteiger partial charge in [-0.25, -0.2) is 4.98 Å². The molecule has 0 unspecified atom stereocenters. The zero-order chi connectivity index (χ0) is 13.7. The third kappa shape index (κ3) is 3.55. The first-order valence-electron chi connectivity index (χ1n) is 6.03. The van der Waals surface area contributed by atoms with Gasteiger partial charge in [-0.15, -0.1) is 0 Å². The van der Waals surface area contributed by atoms with E-state index in [4.69, 9.17) is 4.74 Å². The summed E-state index contributed by atoms with van der Waals surface area (Å²) in [7, 11) is 1.63. The van der Waals surface area contributed by atoms with Gasteiger partial charge in [0, 0.05) is 6.20 Å². The van der Waals surface area contributed by atoms with Gasteiger partial charge in [0.1, 0.15) is 11.6 Å². The number of pyridine rings is 1. The standard InChI is InChI=1S/C15H16N2O2/c1-11-9-12(6-7-13(11)19-2)10-15(18)17-14-5-3-4-8-16-14/h3-9H,10H2,1-2H3,(H,16,17,18). The van der Waals surface area contributed by atoms with Gasteiger partial charge in [0.15, 0.2) is 0 Å². The van der Waals surface area contributed by atoms with Crippen molar-refractivity contribution in [3.05, 3.63) is 53.7 Å². The summed E-state index contributed by atoms with van der Waals surface area (Å²) in [6.07, 6.45) is 1.97. The lowest BCUT2D eigenvalue weighted by Crippen LogP contribution is -2.15. The van der Waals surface area contributed by atoms with Crippen molar-refractivity contribution in [3.63, 3.8) is 0 Å². The molecule has 4 heteroatoms. The lowest BCUT2D eigenvalue weighted by Gasteiger charge is -2.08. The van der Waals surface area contributed by atoms with Crippen LogP contribution in [0.5, 0.6) is 5.75 Å². The molecule has 2 aromatic rings. The highest BCUT2D eigenvalue weighted by Crippen LogP contribution is 2.18. The van der Waals surface area contributed by atoms with Gasteiger partial charge >= 0.3 is 0 Å². The molecule has 0 aliphatic heterocycles. The normalized spacial score (nSPS) is 10.0. The van der Waals surface area contributed by atoms with Crippen molar-refractivity contribution >= 4 is 11.7 Å². The molecule has 19 heavy (non-hydrogen) atoms. The lowest BCUT2D eigenvalue weighted by molar-refractivity contribution is -0.115. The Bertz CT molecular complexity index is 568.